The third-order valence-electron chi connectivity index (χ3n) is 3.49. The van der Waals surface area contributed by atoms with Crippen LogP contribution in [0.4, 0.5) is 0 Å². The van der Waals surface area contributed by atoms with Crippen molar-refractivity contribution in [3.05, 3.63) is 77.9 Å². The summed E-state index contributed by atoms with van der Waals surface area (Å²) in [6.45, 7) is 0.541. The Balaban J connectivity index is 1.95. The Morgan fingerprint density at radius 1 is 0.955 bits per heavy atom. The van der Waals surface area contributed by atoms with E-state index in [1.54, 1.807) is 7.05 Å². The molecule has 110 valence electrons. The third kappa shape index (κ3) is 3.09. The minimum absolute atomic E-state index is 0.541. The van der Waals surface area contributed by atoms with Crippen LogP contribution in [0.2, 0.25) is 0 Å². The minimum atomic E-state index is 0.541. The van der Waals surface area contributed by atoms with E-state index < -0.39 is 0 Å². The smallest absolute Gasteiger partial charge is 0.129 e. The number of nitrogens with zero attached hydrogens (tertiary/aromatic N) is 1. The van der Waals surface area contributed by atoms with Crippen molar-refractivity contribution in [3.8, 4) is 5.75 Å². The summed E-state index contributed by atoms with van der Waals surface area (Å²) >= 11 is 0. The number of rotatable bonds is 5. The summed E-state index contributed by atoms with van der Waals surface area (Å²) in [5.41, 5.74) is 4.93. The Kier molecular flexibility index (Phi) is 4.35. The third-order valence-corrected chi connectivity index (χ3v) is 3.49. The first-order valence-corrected chi connectivity index (χ1v) is 7.27. The Morgan fingerprint density at radius 2 is 1.73 bits per heavy atom. The van der Waals surface area contributed by atoms with E-state index in [4.69, 9.17) is 4.74 Å². The fraction of sp³-hybridized carbons (Fsp3) is 0.105. The van der Waals surface area contributed by atoms with Gasteiger partial charge in [-0.25, -0.2) is 0 Å². The van der Waals surface area contributed by atoms with Crippen LogP contribution in [0.1, 0.15) is 11.1 Å². The molecule has 3 aromatic carbocycles. The highest BCUT2D eigenvalue weighted by Gasteiger charge is 2.07. The van der Waals surface area contributed by atoms with E-state index in [1.807, 2.05) is 42.6 Å². The first-order chi connectivity index (χ1) is 10.9. The molecule has 0 amide bonds. The Labute approximate surface area is 130 Å². The summed E-state index contributed by atoms with van der Waals surface area (Å²) in [7, 11) is 1.78. The summed E-state index contributed by atoms with van der Waals surface area (Å²) in [5.74, 6) is 0.835. The fourth-order valence-corrected chi connectivity index (χ4v) is 2.40. The lowest BCUT2D eigenvalue weighted by atomic mass is 10.0. The molecule has 0 saturated heterocycles. The first kappa shape index (κ1) is 14.1. The lowest BCUT2D eigenvalue weighted by molar-refractivity contribution is 0.306. The van der Waals surface area contributed by atoms with E-state index in [0.717, 1.165) is 22.3 Å². The second kappa shape index (κ2) is 6.76. The Hall–Kier alpha value is -2.81. The summed E-state index contributed by atoms with van der Waals surface area (Å²) in [6, 6.07) is 22.5. The number of hydrazone groups is 1. The zero-order chi connectivity index (χ0) is 15.2. The summed E-state index contributed by atoms with van der Waals surface area (Å²) in [4.78, 5) is 0. The number of hydrogen-bond donors (Lipinski definition) is 1. The molecule has 0 bridgehead atoms. The summed E-state index contributed by atoms with van der Waals surface area (Å²) in [6.07, 6.45) is 1.81. The standard InChI is InChI=1S/C19H18N2O/c1-20-21-13-18-17-10-6-5-9-16(17)11-12-19(18)22-14-15-7-3-2-4-8-15/h2-13,20H,14H2,1H3/b21-13+. The van der Waals surface area contributed by atoms with E-state index in [1.165, 1.54) is 5.39 Å². The van der Waals surface area contributed by atoms with Crippen molar-refractivity contribution >= 4 is 17.0 Å². The van der Waals surface area contributed by atoms with Gasteiger partial charge in [0.25, 0.3) is 0 Å². The number of fused-ring (bicyclic) bond motifs is 1. The monoisotopic (exact) mass is 290 g/mol. The lowest BCUT2D eigenvalue weighted by Gasteiger charge is -2.11. The van der Waals surface area contributed by atoms with Crippen molar-refractivity contribution < 1.29 is 4.74 Å². The highest BCUT2D eigenvalue weighted by Crippen LogP contribution is 2.27. The lowest BCUT2D eigenvalue weighted by Crippen LogP contribution is -2.01. The second-order valence-electron chi connectivity index (χ2n) is 4.95. The molecule has 0 unspecified atom stereocenters. The van der Waals surface area contributed by atoms with Gasteiger partial charge < -0.3 is 10.2 Å². The normalized spacial score (nSPS) is 11.0. The van der Waals surface area contributed by atoms with Crippen LogP contribution in [0.5, 0.6) is 5.75 Å². The van der Waals surface area contributed by atoms with Crippen LogP contribution >= 0.6 is 0 Å². The average Bonchev–Trinajstić information content (AvgIpc) is 2.59. The second-order valence-corrected chi connectivity index (χ2v) is 4.95. The SMILES string of the molecule is CN/N=C/c1c(OCc2ccccc2)ccc2ccccc12. The Bertz CT molecular complexity index is 782. The van der Waals surface area contributed by atoms with Gasteiger partial charge >= 0.3 is 0 Å². The van der Waals surface area contributed by atoms with Gasteiger partial charge in [0.05, 0.1) is 6.21 Å². The molecule has 3 aromatic rings. The van der Waals surface area contributed by atoms with Crippen molar-refractivity contribution in [2.45, 2.75) is 6.61 Å². The Morgan fingerprint density at radius 3 is 2.55 bits per heavy atom. The van der Waals surface area contributed by atoms with E-state index in [9.17, 15) is 0 Å². The summed E-state index contributed by atoms with van der Waals surface area (Å²) in [5, 5.41) is 6.46. The predicted octanol–water partition coefficient (Wildman–Crippen LogP) is 3.97. The van der Waals surface area contributed by atoms with Crippen LogP contribution in [-0.4, -0.2) is 13.3 Å². The van der Waals surface area contributed by atoms with E-state index in [2.05, 4.69) is 40.9 Å². The molecule has 0 fully saturated rings. The zero-order valence-corrected chi connectivity index (χ0v) is 12.5. The van der Waals surface area contributed by atoms with Gasteiger partial charge in [0.15, 0.2) is 0 Å². The molecule has 0 atom stereocenters. The highest BCUT2D eigenvalue weighted by atomic mass is 16.5. The maximum atomic E-state index is 6.01. The predicted molar refractivity (Wildman–Crippen MR) is 91.4 cm³/mol. The zero-order valence-electron chi connectivity index (χ0n) is 12.5. The fourth-order valence-electron chi connectivity index (χ4n) is 2.40. The van der Waals surface area contributed by atoms with Crippen molar-refractivity contribution in [1.82, 2.24) is 5.43 Å². The molecule has 0 aliphatic heterocycles. The van der Waals surface area contributed by atoms with E-state index >= 15 is 0 Å². The van der Waals surface area contributed by atoms with Gasteiger partial charge in [-0.1, -0.05) is 60.7 Å². The van der Waals surface area contributed by atoms with Gasteiger partial charge in [-0.3, -0.25) is 0 Å². The molecule has 3 heteroatoms. The molecule has 1 N–H and O–H groups in total. The van der Waals surface area contributed by atoms with Gasteiger partial charge in [-0.05, 0) is 22.4 Å². The molecule has 0 aliphatic rings. The topological polar surface area (TPSA) is 33.6 Å². The van der Waals surface area contributed by atoms with Gasteiger partial charge in [0, 0.05) is 12.6 Å². The van der Waals surface area contributed by atoms with Crippen LogP contribution < -0.4 is 10.2 Å². The first-order valence-electron chi connectivity index (χ1n) is 7.27. The molecule has 22 heavy (non-hydrogen) atoms. The maximum absolute atomic E-state index is 6.01. The van der Waals surface area contributed by atoms with Crippen molar-refractivity contribution in [1.29, 1.82) is 0 Å². The molecular weight excluding hydrogens is 272 g/mol. The maximum Gasteiger partial charge on any atom is 0.129 e. The molecule has 0 heterocycles. The largest absolute Gasteiger partial charge is 0.488 e. The van der Waals surface area contributed by atoms with Crippen molar-refractivity contribution in [2.75, 3.05) is 7.05 Å². The van der Waals surface area contributed by atoms with Crippen LogP contribution in [0.25, 0.3) is 10.8 Å². The molecule has 3 rings (SSSR count). The average molecular weight is 290 g/mol. The number of nitrogens with one attached hydrogen (secondary N) is 1. The molecule has 0 saturated carbocycles. The van der Waals surface area contributed by atoms with E-state index in [-0.39, 0.29) is 0 Å². The van der Waals surface area contributed by atoms with Gasteiger partial charge in [0.2, 0.25) is 0 Å². The molecule has 0 aliphatic carbocycles. The van der Waals surface area contributed by atoms with Crippen LogP contribution in [0.15, 0.2) is 71.8 Å². The van der Waals surface area contributed by atoms with Gasteiger partial charge in [-0.15, -0.1) is 0 Å². The molecule has 0 aromatic heterocycles. The molecular formula is C19H18N2O. The quantitative estimate of drug-likeness (QED) is 0.570. The van der Waals surface area contributed by atoms with Gasteiger partial charge in [0.1, 0.15) is 12.4 Å². The molecule has 3 nitrogen and oxygen atoms in total. The molecule has 0 radical (unpaired) electrons. The summed E-state index contributed by atoms with van der Waals surface area (Å²) < 4.78 is 6.01. The molecule has 0 spiro atoms. The van der Waals surface area contributed by atoms with Crippen LogP contribution in [0.3, 0.4) is 0 Å². The van der Waals surface area contributed by atoms with Crippen LogP contribution in [0, 0.1) is 0 Å². The van der Waals surface area contributed by atoms with Crippen molar-refractivity contribution in [3.63, 3.8) is 0 Å². The van der Waals surface area contributed by atoms with Crippen molar-refractivity contribution in [2.24, 2.45) is 5.10 Å². The van der Waals surface area contributed by atoms with Crippen LogP contribution in [-0.2, 0) is 6.61 Å². The number of ether oxygens (including phenoxy) is 1. The highest BCUT2D eigenvalue weighted by molar-refractivity contribution is 6.02. The number of benzene rings is 3. The number of hydrogen-bond acceptors (Lipinski definition) is 3. The van der Waals surface area contributed by atoms with Gasteiger partial charge in [-0.2, -0.15) is 5.10 Å². The van der Waals surface area contributed by atoms with E-state index in [0.29, 0.717) is 6.61 Å². The minimum Gasteiger partial charge on any atom is -0.488 e.